The van der Waals surface area contributed by atoms with Crippen molar-refractivity contribution in [1.29, 1.82) is 0 Å². The van der Waals surface area contributed by atoms with Gasteiger partial charge in [-0.1, -0.05) is 224 Å². The molecule has 0 saturated carbocycles. The molecule has 14 aromatic carbocycles. The van der Waals surface area contributed by atoms with Crippen molar-refractivity contribution in [2.45, 2.75) is 33.6 Å². The minimum atomic E-state index is -4.11. The molecule has 147 heavy (non-hydrogen) atoms. The van der Waals surface area contributed by atoms with E-state index in [9.17, 15) is 69.0 Å². The smallest absolute Gasteiger partial charge is 0.289 e. The lowest BCUT2D eigenvalue weighted by atomic mass is 10.0. The lowest BCUT2D eigenvalue weighted by molar-refractivity contribution is -0.387. The summed E-state index contributed by atoms with van der Waals surface area (Å²) in [5, 5.41) is 18.6. The number of halogens is 2. The maximum absolute atomic E-state index is 12.7. The first-order chi connectivity index (χ1) is 70.6. The number of hydrogen-bond acceptors (Lipinski definition) is 24. The molecule has 31 nitrogen and oxygen atoms in total. The quantitative estimate of drug-likeness (QED) is 0.0364. The van der Waals surface area contributed by atoms with Crippen LogP contribution in [0.3, 0.4) is 0 Å². The standard InChI is InChI=1S/C16H14N2O3S.C16H12N2O2S.C15H11ClN2O2S.C15H11N3O4S.C15H10N2O2S.C15H12N2O2S.C14H10BrNO2S2/c1-21-13-7-9-14(10-8-13)22(19,20)18-15-6-2-4-12-5-3-11-17-16(12)15;1-18-16-13(9-8-11-5-4-10-17-15(11)16)12-6-2-3-7-14(12)21(18,19)20;16-12-6-8-13(9-7-12)21(19,20)18-14-5-1-3-11-4-2-10-17-15(11)14;19-18(20)13-8-1-2-9-14(13)23(21,22)17-12-7-3-5-11-6-4-10-16-15(11)12;18-20(19)13-6-2-1-5-11(13)12-8-7-10-4-3-9-16-14(10)15(12)17-20;18-20(19,13-8-2-1-3-9-13)17-14-10-4-6-12-7-5-11-16-15(12)14;15-13-8-9-14(19-13)20(17,18)16-12-7-3-5-10-4-1-2-6-11(10)12/h2-11,18H,1H3;2-10H,1H3;1-10,18H;1-10,17H;1-9,17H;1-11,17H;1-9,16H. The molecule has 738 valence electrons. The Morgan fingerprint density at radius 3 is 1.20 bits per heavy atom. The van der Waals surface area contributed by atoms with E-state index in [1.165, 1.54) is 77.3 Å². The fourth-order valence-corrected chi connectivity index (χ4v) is 26.2. The summed E-state index contributed by atoms with van der Waals surface area (Å²) in [5.74, 6) is 0.603. The number of fused-ring (bicyclic) bond motifs is 15. The first kappa shape index (κ1) is 102. The molecule has 41 heteroatoms. The van der Waals surface area contributed by atoms with Crippen LogP contribution in [0.5, 0.6) is 5.75 Å². The molecule has 0 aliphatic carbocycles. The van der Waals surface area contributed by atoms with Crippen molar-refractivity contribution in [3.63, 3.8) is 0 Å². The summed E-state index contributed by atoms with van der Waals surface area (Å²) in [6, 6.07) is 107. The molecule has 0 unspecified atom stereocenters. The van der Waals surface area contributed by atoms with Gasteiger partial charge in [-0.2, -0.15) is 0 Å². The Hall–Kier alpha value is -16.3. The van der Waals surface area contributed by atoms with E-state index in [0.29, 0.717) is 93.4 Å². The maximum atomic E-state index is 12.7. The lowest BCUT2D eigenvalue weighted by Crippen LogP contribution is -2.30. The third kappa shape index (κ3) is 23.1. The van der Waals surface area contributed by atoms with Gasteiger partial charge in [-0.25, -0.2) is 58.9 Å². The molecule has 0 bridgehead atoms. The lowest BCUT2D eigenvalue weighted by Gasteiger charge is -2.29. The van der Waals surface area contributed by atoms with E-state index in [0.717, 1.165) is 69.6 Å². The third-order valence-electron chi connectivity index (χ3n) is 22.6. The number of pyridine rings is 6. The molecule has 7 aromatic heterocycles. The highest BCUT2D eigenvalue weighted by Crippen LogP contribution is 2.47. The number of benzene rings is 14. The largest absolute Gasteiger partial charge is 0.497 e. The van der Waals surface area contributed by atoms with Gasteiger partial charge in [-0.3, -0.25) is 72.7 Å². The number of para-hydroxylation sites is 5. The first-order valence-electron chi connectivity index (χ1n) is 44.0. The second-order valence-electron chi connectivity index (χ2n) is 32.0. The van der Waals surface area contributed by atoms with Gasteiger partial charge in [0.15, 0.2) is 4.90 Å². The maximum Gasteiger partial charge on any atom is 0.289 e. The predicted octanol–water partition coefficient (Wildman–Crippen LogP) is 23.2. The van der Waals surface area contributed by atoms with Crippen LogP contribution in [-0.2, 0) is 70.2 Å². The van der Waals surface area contributed by atoms with Crippen molar-refractivity contribution in [1.82, 2.24) is 29.9 Å². The van der Waals surface area contributed by atoms with Crippen molar-refractivity contribution in [2.24, 2.45) is 0 Å². The molecule has 6 N–H and O–H groups in total. The van der Waals surface area contributed by atoms with E-state index >= 15 is 0 Å². The van der Waals surface area contributed by atoms with Gasteiger partial charge in [0.1, 0.15) is 9.96 Å². The minimum Gasteiger partial charge on any atom is -0.497 e. The third-order valence-corrected chi connectivity index (χ3v) is 35.1. The summed E-state index contributed by atoms with van der Waals surface area (Å²) < 4.78 is 197. The number of thiophene rings is 1. The van der Waals surface area contributed by atoms with Crippen molar-refractivity contribution in [2.75, 3.05) is 46.8 Å². The number of methoxy groups -OCH3 is 1. The second-order valence-corrected chi connectivity index (χ2v) is 47.1. The van der Waals surface area contributed by atoms with Crippen molar-refractivity contribution >= 4 is 231 Å². The number of nitro groups is 1. The molecule has 2 aliphatic heterocycles. The molecule has 0 saturated heterocycles. The van der Waals surface area contributed by atoms with E-state index in [1.807, 2.05) is 158 Å². The van der Waals surface area contributed by atoms with Crippen LogP contribution >= 0.6 is 38.9 Å². The van der Waals surface area contributed by atoms with E-state index < -0.39 is 85.7 Å². The number of aromatic nitrogens is 6. The summed E-state index contributed by atoms with van der Waals surface area (Å²) >= 11 is 10.2. The Bertz CT molecular complexity index is 9460. The number of sulfonamides is 7. The molecule has 0 atom stereocenters. The van der Waals surface area contributed by atoms with Crippen molar-refractivity contribution in [3.8, 4) is 28.0 Å². The number of ether oxygens (including phenoxy) is 1. The number of nitrogens with zero attached hydrogens (tertiary/aromatic N) is 8. The highest BCUT2D eigenvalue weighted by Gasteiger charge is 2.35. The number of anilines is 7. The first-order valence-corrected chi connectivity index (χ1v) is 56.3. The number of rotatable bonds is 17. The Morgan fingerprint density at radius 1 is 0.354 bits per heavy atom. The second kappa shape index (κ2) is 43.7. The van der Waals surface area contributed by atoms with Crippen LogP contribution in [0.25, 0.3) is 98.4 Å². The summed E-state index contributed by atoms with van der Waals surface area (Å²) in [7, 11) is -22.6. The molecular weight excluding hydrogens is 2110 g/mol. The molecule has 0 radical (unpaired) electrons. The monoisotopic (exact) mass is 2190 g/mol. The summed E-state index contributed by atoms with van der Waals surface area (Å²) in [5.41, 5.74) is 9.87. The minimum absolute atomic E-state index is 0.153. The number of nitrogens with one attached hydrogen (secondary N) is 6. The van der Waals surface area contributed by atoms with E-state index in [4.69, 9.17) is 16.3 Å². The van der Waals surface area contributed by atoms with Crippen LogP contribution in [0.2, 0.25) is 5.02 Å². The van der Waals surface area contributed by atoms with Crippen LogP contribution < -0.4 is 37.4 Å². The van der Waals surface area contributed by atoms with Crippen LogP contribution in [0.15, 0.2) is 451 Å². The zero-order valence-electron chi connectivity index (χ0n) is 76.8. The number of nitro benzene ring substituents is 1. The Kier molecular flexibility index (Phi) is 30.4. The molecule has 9 heterocycles. The van der Waals surface area contributed by atoms with Crippen LogP contribution in [-0.4, -0.2) is 108 Å². The van der Waals surface area contributed by atoms with Gasteiger partial charge in [-0.05, 0) is 179 Å². The van der Waals surface area contributed by atoms with Crippen molar-refractivity contribution in [3.05, 3.63) is 432 Å². The van der Waals surface area contributed by atoms with Crippen molar-refractivity contribution < 1.29 is 68.6 Å². The van der Waals surface area contributed by atoms with Gasteiger partial charge in [-0.15, -0.1) is 11.3 Å². The molecule has 2 aliphatic rings. The molecular formula is C106H80BrClN14O17S8. The van der Waals surface area contributed by atoms with Gasteiger partial charge < -0.3 is 4.74 Å². The molecule has 0 amide bonds. The highest BCUT2D eigenvalue weighted by atomic mass is 79.9. The Labute approximate surface area is 862 Å². The van der Waals surface area contributed by atoms with E-state index in [-0.39, 0.29) is 24.6 Å². The average molecular weight is 2190 g/mol. The fourth-order valence-electron chi connectivity index (χ4n) is 15.7. The normalized spacial score (nSPS) is 12.5. The average Bonchev–Trinajstić information content (AvgIpc) is 0.858. The summed E-state index contributed by atoms with van der Waals surface area (Å²) in [4.78, 5) is 36.7. The zero-order chi connectivity index (χ0) is 103. The summed E-state index contributed by atoms with van der Waals surface area (Å²) in [6.07, 6.45) is 9.80. The van der Waals surface area contributed by atoms with Crippen LogP contribution in [0, 0.1) is 10.1 Å². The van der Waals surface area contributed by atoms with Gasteiger partial charge >= 0.3 is 0 Å². The summed E-state index contributed by atoms with van der Waals surface area (Å²) in [6.45, 7) is 0. The van der Waals surface area contributed by atoms with Gasteiger partial charge in [0.05, 0.1) is 113 Å². The zero-order valence-corrected chi connectivity index (χ0v) is 85.7. The predicted molar refractivity (Wildman–Crippen MR) is 582 cm³/mol. The van der Waals surface area contributed by atoms with E-state index in [2.05, 4.69) is 74.2 Å². The topological polar surface area (TPSA) is 444 Å². The Balaban J connectivity index is 0.000000117. The fraction of sp³-hybridized carbons (Fsp3) is 0.0189. The molecule has 21 aromatic rings. The van der Waals surface area contributed by atoms with Crippen LogP contribution in [0.1, 0.15) is 0 Å². The van der Waals surface area contributed by atoms with Crippen LogP contribution in [0.4, 0.5) is 45.5 Å². The Morgan fingerprint density at radius 2 is 0.721 bits per heavy atom. The highest BCUT2D eigenvalue weighted by molar-refractivity contribution is 9.11. The van der Waals surface area contributed by atoms with Gasteiger partial charge in [0.25, 0.3) is 75.9 Å². The molecule has 0 spiro atoms. The van der Waals surface area contributed by atoms with E-state index in [1.54, 1.807) is 202 Å². The molecule has 0 fully saturated rings. The van der Waals surface area contributed by atoms with Gasteiger partial charge in [0, 0.05) is 115 Å². The molecule has 23 rings (SSSR count). The van der Waals surface area contributed by atoms with Gasteiger partial charge in [0.2, 0.25) is 0 Å². The SMILES string of the molecule is CN1c2c(ccc3cccnc23)-c2ccccc2S1(=O)=O.COc1ccc(S(=O)(=O)Nc2cccc3cccnc23)cc1.O=S(=O)(Nc1cccc2ccccc12)c1ccc(Br)s1.O=S(=O)(Nc1cccc2cccnc12)c1ccc(Cl)cc1.O=S(=O)(Nc1cccc2cccnc12)c1ccccc1.O=S1(=O)Nc2c(ccc3cccnc23)-c2ccccc21.O=[N+]([O-])c1ccccc1S(=O)(=O)Nc1cccc2cccnc12. The number of hydrogen-bond donors (Lipinski definition) is 6.